The second-order valence-corrected chi connectivity index (χ2v) is 10.6. The number of carbonyl (C=O) groups excluding carboxylic acids is 2. The van der Waals surface area contributed by atoms with Crippen LogP contribution in [0.5, 0.6) is 0 Å². The van der Waals surface area contributed by atoms with Gasteiger partial charge in [-0.2, -0.15) is 0 Å². The maximum Gasteiger partial charge on any atom is 0.469 e. The molecule has 0 amide bonds. The quantitative estimate of drug-likeness (QED) is 0.0484. The van der Waals surface area contributed by atoms with Crippen molar-refractivity contribution in [2.45, 2.75) is 110 Å². The smallest absolute Gasteiger partial charge is 0.461 e. The molecule has 228 valence electrons. The van der Waals surface area contributed by atoms with E-state index in [-0.39, 0.29) is 19.4 Å². The van der Waals surface area contributed by atoms with Crippen LogP contribution < -0.4 is 0 Å². The van der Waals surface area contributed by atoms with E-state index in [0.717, 1.165) is 25.7 Å². The lowest BCUT2D eigenvalue weighted by Gasteiger charge is -2.18. The minimum absolute atomic E-state index is 0.0296. The predicted molar refractivity (Wildman–Crippen MR) is 161 cm³/mol. The number of unbranched alkanes of at least 4 members (excludes halogenated alkanes) is 6. The Morgan fingerprint density at radius 3 is 1.93 bits per heavy atom. The largest absolute Gasteiger partial charge is 0.469 e. The molecule has 1 unspecified atom stereocenters. The van der Waals surface area contributed by atoms with Gasteiger partial charge in [0.05, 0.1) is 13.0 Å². The minimum Gasteiger partial charge on any atom is -0.461 e. The summed E-state index contributed by atoms with van der Waals surface area (Å²) in [6, 6.07) is 0. The fourth-order valence-electron chi connectivity index (χ4n) is 3.42. The molecule has 0 bridgehead atoms. The van der Waals surface area contributed by atoms with Crippen molar-refractivity contribution >= 4 is 19.8 Å². The number of phosphoric acid groups is 1. The first-order valence-corrected chi connectivity index (χ1v) is 16.1. The van der Waals surface area contributed by atoms with E-state index in [1.54, 1.807) is 6.08 Å². The van der Waals surface area contributed by atoms with Crippen LogP contribution in [0.25, 0.3) is 0 Å². The van der Waals surface area contributed by atoms with Crippen molar-refractivity contribution in [3.05, 3.63) is 60.8 Å². The molecular formula is C31H51O8P. The van der Waals surface area contributed by atoms with Crippen molar-refractivity contribution < 1.29 is 37.9 Å². The second kappa shape index (κ2) is 26.9. The summed E-state index contributed by atoms with van der Waals surface area (Å²) in [5.74, 6) is -1.12. The summed E-state index contributed by atoms with van der Waals surface area (Å²) in [5, 5.41) is 0. The van der Waals surface area contributed by atoms with Crippen LogP contribution in [0, 0.1) is 0 Å². The van der Waals surface area contributed by atoms with Crippen LogP contribution in [0.4, 0.5) is 0 Å². The SMILES string of the molecule is CC/C=C/C/C=C/C/C=C/CC(=O)OCC(COP(=O)(O)O)OC(=O)CC/C=C/C/C=C/CCCCCCCC. The molecule has 40 heavy (non-hydrogen) atoms. The van der Waals surface area contributed by atoms with Gasteiger partial charge in [0.1, 0.15) is 6.61 Å². The monoisotopic (exact) mass is 582 g/mol. The number of ether oxygens (including phenoxy) is 2. The number of phosphoric ester groups is 1. The van der Waals surface area contributed by atoms with Crippen molar-refractivity contribution in [3.8, 4) is 0 Å². The van der Waals surface area contributed by atoms with Crippen molar-refractivity contribution in [1.82, 2.24) is 0 Å². The molecule has 0 fully saturated rings. The third kappa shape index (κ3) is 28.8. The van der Waals surface area contributed by atoms with Crippen molar-refractivity contribution in [1.29, 1.82) is 0 Å². The Morgan fingerprint density at radius 1 is 0.700 bits per heavy atom. The summed E-state index contributed by atoms with van der Waals surface area (Å²) in [6.07, 6.45) is 31.5. The lowest BCUT2D eigenvalue weighted by molar-refractivity contribution is -0.160. The zero-order valence-electron chi connectivity index (χ0n) is 24.5. The zero-order valence-corrected chi connectivity index (χ0v) is 25.4. The average Bonchev–Trinajstić information content (AvgIpc) is 2.91. The number of hydrogen-bond acceptors (Lipinski definition) is 6. The molecule has 0 radical (unpaired) electrons. The molecule has 0 spiro atoms. The van der Waals surface area contributed by atoms with Crippen molar-refractivity contribution in [2.24, 2.45) is 0 Å². The van der Waals surface area contributed by atoms with Gasteiger partial charge in [0.2, 0.25) is 0 Å². The van der Waals surface area contributed by atoms with Gasteiger partial charge in [-0.05, 0) is 44.9 Å². The molecule has 0 aliphatic heterocycles. The highest BCUT2D eigenvalue weighted by Crippen LogP contribution is 2.35. The predicted octanol–water partition coefficient (Wildman–Crippen LogP) is 7.83. The summed E-state index contributed by atoms with van der Waals surface area (Å²) in [5.41, 5.74) is 0. The van der Waals surface area contributed by atoms with Crippen molar-refractivity contribution in [3.63, 3.8) is 0 Å². The standard InChI is InChI=1S/C31H51O8P/c1-3-5-7-9-11-13-14-15-16-18-20-22-24-26-31(33)39-29(28-38-40(34,35)36)27-37-30(32)25-23-21-19-17-12-10-8-6-4-2/h6,8,12,15-17,20-23,29H,3-5,7,9-11,13-14,18-19,24-28H2,1-2H3,(H2,34,35,36)/b8-6+,16-15+,17-12+,22-20+,23-21+. The molecule has 2 N–H and O–H groups in total. The Balaban J connectivity index is 4.30. The van der Waals surface area contributed by atoms with E-state index in [4.69, 9.17) is 19.3 Å². The average molecular weight is 583 g/mol. The molecule has 0 rings (SSSR count). The van der Waals surface area contributed by atoms with Gasteiger partial charge in [0.25, 0.3) is 0 Å². The summed E-state index contributed by atoms with van der Waals surface area (Å²) in [6.45, 7) is 3.35. The second-order valence-electron chi connectivity index (χ2n) is 9.35. The molecule has 0 aromatic rings. The number of carbonyl (C=O) groups is 2. The van der Waals surface area contributed by atoms with Crippen LogP contribution in [0.3, 0.4) is 0 Å². The van der Waals surface area contributed by atoms with Crippen LogP contribution in [-0.4, -0.2) is 41.0 Å². The Labute approximate surface area is 241 Å². The van der Waals surface area contributed by atoms with Crippen LogP contribution >= 0.6 is 7.82 Å². The highest BCUT2D eigenvalue weighted by Gasteiger charge is 2.22. The maximum absolute atomic E-state index is 12.2. The molecule has 0 saturated heterocycles. The van der Waals surface area contributed by atoms with Gasteiger partial charge in [-0.15, -0.1) is 0 Å². The third-order valence-corrected chi connectivity index (χ3v) is 6.05. The molecule has 0 aromatic carbocycles. The minimum atomic E-state index is -4.77. The fraction of sp³-hybridized carbons (Fsp3) is 0.613. The van der Waals surface area contributed by atoms with E-state index in [1.807, 2.05) is 30.4 Å². The highest BCUT2D eigenvalue weighted by atomic mass is 31.2. The summed E-state index contributed by atoms with van der Waals surface area (Å²) >= 11 is 0. The first kappa shape index (κ1) is 37.8. The maximum atomic E-state index is 12.2. The van der Waals surface area contributed by atoms with Gasteiger partial charge in [0, 0.05) is 6.42 Å². The van der Waals surface area contributed by atoms with E-state index in [0.29, 0.717) is 12.8 Å². The van der Waals surface area contributed by atoms with Crippen LogP contribution in [0.15, 0.2) is 60.8 Å². The normalized spacial score (nSPS) is 13.4. The fourth-order valence-corrected chi connectivity index (χ4v) is 3.79. The molecule has 0 saturated carbocycles. The van der Waals surface area contributed by atoms with Gasteiger partial charge in [-0.3, -0.25) is 14.1 Å². The Hall–Kier alpha value is -2.25. The Kier molecular flexibility index (Phi) is 25.4. The lowest BCUT2D eigenvalue weighted by atomic mass is 10.1. The Bertz CT molecular complexity index is 838. The number of hydrogen-bond donors (Lipinski definition) is 2. The van der Waals surface area contributed by atoms with Gasteiger partial charge in [-0.1, -0.05) is 107 Å². The molecule has 0 heterocycles. The van der Waals surface area contributed by atoms with E-state index in [2.05, 4.69) is 42.7 Å². The third-order valence-electron chi connectivity index (χ3n) is 5.57. The van der Waals surface area contributed by atoms with E-state index in [9.17, 15) is 14.2 Å². The van der Waals surface area contributed by atoms with Gasteiger partial charge >= 0.3 is 19.8 Å². The van der Waals surface area contributed by atoms with Gasteiger partial charge in [0.15, 0.2) is 6.10 Å². The van der Waals surface area contributed by atoms with E-state index < -0.39 is 32.5 Å². The van der Waals surface area contributed by atoms with Crippen LogP contribution in [0.1, 0.15) is 104 Å². The van der Waals surface area contributed by atoms with Gasteiger partial charge < -0.3 is 19.3 Å². The van der Waals surface area contributed by atoms with E-state index in [1.165, 1.54) is 38.5 Å². The molecule has 1 atom stereocenters. The Morgan fingerprint density at radius 2 is 1.27 bits per heavy atom. The molecule has 0 aromatic heterocycles. The molecule has 8 nitrogen and oxygen atoms in total. The number of allylic oxidation sites excluding steroid dienone is 9. The number of esters is 2. The van der Waals surface area contributed by atoms with Crippen LogP contribution in [-0.2, 0) is 28.2 Å². The topological polar surface area (TPSA) is 119 Å². The lowest BCUT2D eigenvalue weighted by Crippen LogP contribution is -2.29. The summed E-state index contributed by atoms with van der Waals surface area (Å²) < 4.78 is 25.9. The van der Waals surface area contributed by atoms with Crippen molar-refractivity contribution in [2.75, 3.05) is 13.2 Å². The number of rotatable bonds is 25. The zero-order chi connectivity index (χ0) is 29.7. The van der Waals surface area contributed by atoms with E-state index >= 15 is 0 Å². The first-order chi connectivity index (χ1) is 19.3. The first-order valence-electron chi connectivity index (χ1n) is 14.6. The molecule has 0 aliphatic carbocycles. The molecule has 9 heteroatoms. The summed E-state index contributed by atoms with van der Waals surface area (Å²) in [4.78, 5) is 42.1. The molecule has 0 aliphatic rings. The van der Waals surface area contributed by atoms with Crippen LogP contribution in [0.2, 0.25) is 0 Å². The highest BCUT2D eigenvalue weighted by molar-refractivity contribution is 7.46. The van der Waals surface area contributed by atoms with Gasteiger partial charge in [-0.25, -0.2) is 4.57 Å². The molecular weight excluding hydrogens is 531 g/mol. The summed E-state index contributed by atoms with van der Waals surface area (Å²) in [7, 11) is -4.77.